The van der Waals surface area contributed by atoms with Gasteiger partial charge in [-0.3, -0.25) is 4.98 Å². The van der Waals surface area contributed by atoms with Crippen molar-refractivity contribution in [2.75, 3.05) is 0 Å². The van der Waals surface area contributed by atoms with Crippen LogP contribution in [-0.4, -0.2) is 10.1 Å². The van der Waals surface area contributed by atoms with Gasteiger partial charge in [-0.2, -0.15) is 0 Å². The first kappa shape index (κ1) is 13.1. The second-order valence-electron chi connectivity index (χ2n) is 4.76. The van der Waals surface area contributed by atoms with Gasteiger partial charge >= 0.3 is 0 Å². The van der Waals surface area contributed by atoms with Crippen LogP contribution in [0.1, 0.15) is 17.2 Å². The molecule has 3 heteroatoms. The van der Waals surface area contributed by atoms with Crippen LogP contribution in [0.3, 0.4) is 0 Å². The van der Waals surface area contributed by atoms with E-state index in [1.165, 1.54) is 0 Å². The molecule has 0 fully saturated rings. The highest BCUT2D eigenvalue weighted by molar-refractivity contribution is 6.31. The van der Waals surface area contributed by atoms with Gasteiger partial charge in [-0.1, -0.05) is 48.0 Å². The van der Waals surface area contributed by atoms with Crippen molar-refractivity contribution < 1.29 is 5.11 Å². The van der Waals surface area contributed by atoms with Crippen molar-refractivity contribution in [2.45, 2.75) is 12.5 Å². The monoisotopic (exact) mass is 283 g/mol. The summed E-state index contributed by atoms with van der Waals surface area (Å²) in [4.78, 5) is 4.14. The van der Waals surface area contributed by atoms with Gasteiger partial charge < -0.3 is 5.11 Å². The van der Waals surface area contributed by atoms with E-state index in [0.29, 0.717) is 11.4 Å². The van der Waals surface area contributed by atoms with E-state index in [1.54, 1.807) is 12.4 Å². The van der Waals surface area contributed by atoms with Gasteiger partial charge in [0.1, 0.15) is 0 Å². The third-order valence-electron chi connectivity index (χ3n) is 3.45. The summed E-state index contributed by atoms with van der Waals surface area (Å²) in [6.45, 7) is 0. The minimum absolute atomic E-state index is 0.494. The van der Waals surface area contributed by atoms with Crippen molar-refractivity contribution in [2.24, 2.45) is 0 Å². The minimum Gasteiger partial charge on any atom is -0.388 e. The Bertz CT molecular complexity index is 736. The smallest absolute Gasteiger partial charge is 0.0837 e. The average molecular weight is 284 g/mol. The molecule has 0 aliphatic carbocycles. The number of pyridine rings is 1. The lowest BCUT2D eigenvalue weighted by Crippen LogP contribution is -2.03. The van der Waals surface area contributed by atoms with E-state index in [0.717, 1.165) is 21.9 Å². The van der Waals surface area contributed by atoms with E-state index >= 15 is 0 Å². The van der Waals surface area contributed by atoms with Crippen LogP contribution in [0.2, 0.25) is 5.02 Å². The van der Waals surface area contributed by atoms with Crippen LogP contribution >= 0.6 is 11.6 Å². The summed E-state index contributed by atoms with van der Waals surface area (Å²) in [5, 5.41) is 13.3. The van der Waals surface area contributed by atoms with E-state index in [9.17, 15) is 5.11 Å². The maximum atomic E-state index is 10.5. The zero-order chi connectivity index (χ0) is 13.9. The molecule has 0 radical (unpaired) electrons. The van der Waals surface area contributed by atoms with Crippen molar-refractivity contribution in [3.05, 3.63) is 77.1 Å². The molecule has 0 saturated carbocycles. The molecule has 1 aromatic heterocycles. The van der Waals surface area contributed by atoms with Crippen molar-refractivity contribution in [3.63, 3.8) is 0 Å². The molecule has 2 nitrogen and oxygen atoms in total. The number of hydrogen-bond donors (Lipinski definition) is 1. The summed E-state index contributed by atoms with van der Waals surface area (Å²) < 4.78 is 0. The maximum absolute atomic E-state index is 10.5. The second kappa shape index (κ2) is 5.61. The number of nitrogens with zero attached hydrogens (tertiary/aromatic N) is 1. The van der Waals surface area contributed by atoms with Crippen molar-refractivity contribution >= 4 is 22.4 Å². The van der Waals surface area contributed by atoms with Crippen molar-refractivity contribution in [1.29, 1.82) is 0 Å². The predicted molar refractivity (Wildman–Crippen MR) is 81.9 cm³/mol. The van der Waals surface area contributed by atoms with Gasteiger partial charge in [0, 0.05) is 29.2 Å². The summed E-state index contributed by atoms with van der Waals surface area (Å²) in [6, 6.07) is 15.4. The Morgan fingerprint density at radius 1 is 1.05 bits per heavy atom. The Morgan fingerprint density at radius 3 is 2.75 bits per heavy atom. The fraction of sp³-hybridized carbons (Fsp3) is 0.118. The highest BCUT2D eigenvalue weighted by Crippen LogP contribution is 2.28. The van der Waals surface area contributed by atoms with E-state index in [-0.39, 0.29) is 0 Å². The molecule has 1 atom stereocenters. The van der Waals surface area contributed by atoms with Gasteiger partial charge in [-0.05, 0) is 28.6 Å². The Hall–Kier alpha value is -1.90. The molecule has 1 N–H and O–H groups in total. The summed E-state index contributed by atoms with van der Waals surface area (Å²) >= 11 is 6.15. The average Bonchev–Trinajstić information content (AvgIpc) is 2.49. The first-order chi connectivity index (χ1) is 9.75. The largest absolute Gasteiger partial charge is 0.388 e. The van der Waals surface area contributed by atoms with E-state index in [1.807, 2.05) is 48.5 Å². The number of aliphatic hydroxyl groups excluding tert-OH is 1. The molecular formula is C17H14ClNO. The topological polar surface area (TPSA) is 33.1 Å². The molecule has 0 bridgehead atoms. The maximum Gasteiger partial charge on any atom is 0.0837 e. The van der Waals surface area contributed by atoms with Crippen LogP contribution < -0.4 is 0 Å². The fourth-order valence-electron chi connectivity index (χ4n) is 2.41. The Labute approximate surface area is 122 Å². The van der Waals surface area contributed by atoms with Gasteiger partial charge in [-0.15, -0.1) is 0 Å². The lowest BCUT2D eigenvalue weighted by molar-refractivity contribution is 0.180. The summed E-state index contributed by atoms with van der Waals surface area (Å²) in [7, 11) is 0. The normalized spacial score (nSPS) is 12.5. The molecule has 2 aromatic carbocycles. The zero-order valence-corrected chi connectivity index (χ0v) is 11.6. The first-order valence-electron chi connectivity index (χ1n) is 6.50. The molecule has 1 heterocycles. The number of aliphatic hydroxyl groups is 1. The molecule has 0 aliphatic heterocycles. The van der Waals surface area contributed by atoms with Gasteiger partial charge in [0.2, 0.25) is 0 Å². The number of hydrogen-bond acceptors (Lipinski definition) is 2. The van der Waals surface area contributed by atoms with Crippen LogP contribution in [-0.2, 0) is 6.42 Å². The van der Waals surface area contributed by atoms with Gasteiger partial charge in [0.05, 0.1) is 6.10 Å². The van der Waals surface area contributed by atoms with Crippen molar-refractivity contribution in [3.8, 4) is 0 Å². The number of fused-ring (bicyclic) bond motifs is 1. The Morgan fingerprint density at radius 2 is 1.90 bits per heavy atom. The van der Waals surface area contributed by atoms with Gasteiger partial charge in [0.25, 0.3) is 0 Å². The molecule has 100 valence electrons. The molecule has 1 unspecified atom stereocenters. The van der Waals surface area contributed by atoms with Crippen LogP contribution in [0.4, 0.5) is 0 Å². The minimum atomic E-state index is -0.595. The van der Waals surface area contributed by atoms with Gasteiger partial charge in [0.15, 0.2) is 0 Å². The highest BCUT2D eigenvalue weighted by atomic mass is 35.5. The SMILES string of the molecule is OC(Cc1ccccc1Cl)c1cccc2ccncc12. The number of benzene rings is 2. The van der Waals surface area contributed by atoms with Crippen LogP contribution in [0.25, 0.3) is 10.8 Å². The lowest BCUT2D eigenvalue weighted by Gasteiger charge is -2.14. The van der Waals surface area contributed by atoms with E-state index in [4.69, 9.17) is 11.6 Å². The Kier molecular flexibility index (Phi) is 3.68. The standard InChI is InChI=1S/C17H14ClNO/c18-16-7-2-1-4-13(16)10-17(20)14-6-3-5-12-8-9-19-11-15(12)14/h1-9,11,17,20H,10H2. The van der Waals surface area contributed by atoms with Gasteiger partial charge in [-0.25, -0.2) is 0 Å². The highest BCUT2D eigenvalue weighted by Gasteiger charge is 2.13. The summed E-state index contributed by atoms with van der Waals surface area (Å²) in [5.41, 5.74) is 1.83. The third-order valence-corrected chi connectivity index (χ3v) is 3.82. The number of halogens is 1. The lowest BCUT2D eigenvalue weighted by atomic mass is 9.97. The fourth-order valence-corrected chi connectivity index (χ4v) is 2.62. The second-order valence-corrected chi connectivity index (χ2v) is 5.16. The quantitative estimate of drug-likeness (QED) is 0.783. The van der Waals surface area contributed by atoms with Crippen LogP contribution in [0, 0.1) is 0 Å². The zero-order valence-electron chi connectivity index (χ0n) is 10.8. The molecule has 0 amide bonds. The molecule has 0 spiro atoms. The molecule has 0 saturated heterocycles. The predicted octanol–water partition coefficient (Wildman–Crippen LogP) is 4.16. The first-order valence-corrected chi connectivity index (χ1v) is 6.87. The van der Waals surface area contributed by atoms with Crippen molar-refractivity contribution in [1.82, 2.24) is 4.98 Å². The van der Waals surface area contributed by atoms with E-state index in [2.05, 4.69) is 4.98 Å². The molecular weight excluding hydrogens is 270 g/mol. The molecule has 20 heavy (non-hydrogen) atoms. The Balaban J connectivity index is 1.97. The van der Waals surface area contributed by atoms with E-state index < -0.39 is 6.10 Å². The molecule has 0 aliphatic rings. The van der Waals surface area contributed by atoms with Crippen LogP contribution in [0.15, 0.2) is 60.9 Å². The summed E-state index contributed by atoms with van der Waals surface area (Å²) in [6.07, 6.45) is 3.45. The molecule has 3 aromatic rings. The number of aromatic nitrogens is 1. The summed E-state index contributed by atoms with van der Waals surface area (Å²) in [5.74, 6) is 0. The van der Waals surface area contributed by atoms with Crippen LogP contribution in [0.5, 0.6) is 0 Å². The molecule has 3 rings (SSSR count). The number of rotatable bonds is 3. The third kappa shape index (κ3) is 2.53.